The van der Waals surface area contributed by atoms with E-state index in [-0.39, 0.29) is 4.83 Å². The Labute approximate surface area is 124 Å². The number of nitrogens with zero attached hydrogens (tertiary/aromatic N) is 1. The van der Waals surface area contributed by atoms with Crippen molar-refractivity contribution in [3.63, 3.8) is 0 Å². The quantitative estimate of drug-likeness (QED) is 0.737. The third-order valence-electron chi connectivity index (χ3n) is 2.70. The molecule has 2 nitrogen and oxygen atoms in total. The average molecular weight is 371 g/mol. The van der Waals surface area contributed by atoms with Crippen LogP contribution in [0.5, 0.6) is 5.75 Å². The molecule has 0 bridgehead atoms. The number of halogens is 2. The highest BCUT2D eigenvalue weighted by atomic mass is 79.9. The number of pyridine rings is 1. The first kappa shape index (κ1) is 13.6. The second-order valence-corrected chi connectivity index (χ2v) is 5.88. The molecule has 1 aromatic carbocycles. The molecule has 0 aliphatic rings. The van der Waals surface area contributed by atoms with Gasteiger partial charge in [0.1, 0.15) is 5.75 Å². The lowest BCUT2D eigenvalue weighted by molar-refractivity contribution is 0.412. The van der Waals surface area contributed by atoms with E-state index in [0.717, 1.165) is 16.6 Å². The molecule has 18 heavy (non-hydrogen) atoms. The average Bonchev–Trinajstić information content (AvgIpc) is 2.39. The highest BCUT2D eigenvalue weighted by molar-refractivity contribution is 9.10. The molecule has 0 amide bonds. The van der Waals surface area contributed by atoms with Gasteiger partial charge in [-0.1, -0.05) is 22.0 Å². The number of hydrogen-bond donors (Lipinski definition) is 0. The molecule has 0 N–H and O–H groups in total. The number of benzene rings is 1. The summed E-state index contributed by atoms with van der Waals surface area (Å²) in [5.74, 6) is 0.849. The molecule has 2 rings (SSSR count). The lowest BCUT2D eigenvalue weighted by atomic mass is 10.1. The lowest BCUT2D eigenvalue weighted by Gasteiger charge is -2.12. The van der Waals surface area contributed by atoms with Crippen molar-refractivity contribution in [2.45, 2.75) is 11.2 Å². The Kier molecular flexibility index (Phi) is 4.78. The van der Waals surface area contributed by atoms with Crippen LogP contribution in [0.1, 0.15) is 16.0 Å². The summed E-state index contributed by atoms with van der Waals surface area (Å²) in [7, 11) is 1.67. The Morgan fingerprint density at radius 3 is 2.56 bits per heavy atom. The van der Waals surface area contributed by atoms with Crippen LogP contribution < -0.4 is 4.74 Å². The van der Waals surface area contributed by atoms with Crippen LogP contribution in [0.2, 0.25) is 0 Å². The van der Waals surface area contributed by atoms with Crippen LogP contribution in [0.15, 0.2) is 47.2 Å². The normalized spacial score (nSPS) is 12.2. The van der Waals surface area contributed by atoms with Gasteiger partial charge in [0.25, 0.3) is 0 Å². The Hall–Kier alpha value is -0.870. The van der Waals surface area contributed by atoms with Crippen LogP contribution in [-0.2, 0) is 6.42 Å². The van der Waals surface area contributed by atoms with Crippen molar-refractivity contribution >= 4 is 31.9 Å². The molecule has 0 radical (unpaired) electrons. The minimum atomic E-state index is 0.280. The first-order valence-electron chi connectivity index (χ1n) is 5.57. The van der Waals surface area contributed by atoms with Crippen molar-refractivity contribution in [3.8, 4) is 5.75 Å². The highest BCUT2D eigenvalue weighted by Gasteiger charge is 2.10. The molecule has 0 aliphatic carbocycles. The van der Waals surface area contributed by atoms with Crippen LogP contribution in [0.25, 0.3) is 0 Å². The minimum absolute atomic E-state index is 0.280. The standard InChI is InChI=1S/C14H13Br2NO/c1-18-14-3-2-11(9-13(14)16)12(15)8-10-4-6-17-7-5-10/h2-7,9,12H,8H2,1H3. The fourth-order valence-corrected chi connectivity index (χ4v) is 2.94. The molecule has 0 spiro atoms. The van der Waals surface area contributed by atoms with Crippen molar-refractivity contribution in [1.82, 2.24) is 4.98 Å². The smallest absolute Gasteiger partial charge is 0.133 e. The Balaban J connectivity index is 2.14. The number of alkyl halides is 1. The van der Waals surface area contributed by atoms with Gasteiger partial charge in [-0.3, -0.25) is 4.98 Å². The van der Waals surface area contributed by atoms with Crippen LogP contribution in [0, 0.1) is 0 Å². The zero-order valence-corrected chi connectivity index (χ0v) is 13.1. The summed E-state index contributed by atoms with van der Waals surface area (Å²) in [5.41, 5.74) is 2.48. The monoisotopic (exact) mass is 369 g/mol. The summed E-state index contributed by atoms with van der Waals surface area (Å²) in [6, 6.07) is 10.2. The molecule has 0 fully saturated rings. The molecule has 1 heterocycles. The Morgan fingerprint density at radius 2 is 1.94 bits per heavy atom. The van der Waals surface area contributed by atoms with Gasteiger partial charge < -0.3 is 4.74 Å². The van der Waals surface area contributed by atoms with Crippen molar-refractivity contribution < 1.29 is 4.74 Å². The number of methoxy groups -OCH3 is 1. The third kappa shape index (κ3) is 3.33. The van der Waals surface area contributed by atoms with Gasteiger partial charge in [0.2, 0.25) is 0 Å². The Morgan fingerprint density at radius 1 is 1.22 bits per heavy atom. The summed E-state index contributed by atoms with van der Waals surface area (Å²) in [5, 5.41) is 0. The van der Waals surface area contributed by atoms with Gasteiger partial charge in [0.15, 0.2) is 0 Å². The van der Waals surface area contributed by atoms with E-state index in [2.05, 4.69) is 49.0 Å². The van der Waals surface area contributed by atoms with E-state index >= 15 is 0 Å². The Bertz CT molecular complexity index is 516. The molecule has 1 aromatic heterocycles. The van der Waals surface area contributed by atoms with Crippen LogP contribution in [-0.4, -0.2) is 12.1 Å². The molecule has 1 atom stereocenters. The van der Waals surface area contributed by atoms with Gasteiger partial charge >= 0.3 is 0 Å². The zero-order valence-electron chi connectivity index (χ0n) is 9.94. The van der Waals surface area contributed by atoms with Crippen LogP contribution >= 0.6 is 31.9 Å². The second-order valence-electron chi connectivity index (χ2n) is 3.92. The van der Waals surface area contributed by atoms with Crippen molar-refractivity contribution in [2.24, 2.45) is 0 Å². The number of ether oxygens (including phenoxy) is 1. The summed E-state index contributed by atoms with van der Waals surface area (Å²) in [4.78, 5) is 4.30. The molecule has 94 valence electrons. The van der Waals surface area contributed by atoms with E-state index in [1.54, 1.807) is 7.11 Å². The molecule has 4 heteroatoms. The van der Waals surface area contributed by atoms with E-state index in [0.29, 0.717) is 0 Å². The topological polar surface area (TPSA) is 22.1 Å². The van der Waals surface area contributed by atoms with Gasteiger partial charge in [-0.05, 0) is 57.7 Å². The molecule has 0 saturated heterocycles. The summed E-state index contributed by atoms with van der Waals surface area (Å²) < 4.78 is 6.20. The minimum Gasteiger partial charge on any atom is -0.496 e. The maximum atomic E-state index is 5.23. The van der Waals surface area contributed by atoms with Gasteiger partial charge in [-0.15, -0.1) is 0 Å². The SMILES string of the molecule is COc1ccc(C(Br)Cc2ccncc2)cc1Br. The predicted octanol–water partition coefficient (Wildman–Crippen LogP) is 4.53. The maximum absolute atomic E-state index is 5.23. The van der Waals surface area contributed by atoms with E-state index in [9.17, 15) is 0 Å². The van der Waals surface area contributed by atoms with Crippen molar-refractivity contribution in [2.75, 3.05) is 7.11 Å². The number of rotatable bonds is 4. The van der Waals surface area contributed by atoms with Gasteiger partial charge in [0.05, 0.1) is 11.6 Å². The molecule has 0 aliphatic heterocycles. The van der Waals surface area contributed by atoms with Gasteiger partial charge in [0, 0.05) is 17.2 Å². The predicted molar refractivity (Wildman–Crippen MR) is 80.3 cm³/mol. The third-order valence-corrected chi connectivity index (χ3v) is 4.17. The van der Waals surface area contributed by atoms with E-state index in [1.165, 1.54) is 11.1 Å². The van der Waals surface area contributed by atoms with Crippen molar-refractivity contribution in [3.05, 3.63) is 58.3 Å². The summed E-state index contributed by atoms with van der Waals surface area (Å²) in [6.45, 7) is 0. The highest BCUT2D eigenvalue weighted by Crippen LogP contribution is 2.33. The summed E-state index contributed by atoms with van der Waals surface area (Å²) >= 11 is 7.23. The largest absolute Gasteiger partial charge is 0.496 e. The van der Waals surface area contributed by atoms with Gasteiger partial charge in [-0.2, -0.15) is 0 Å². The maximum Gasteiger partial charge on any atom is 0.133 e. The molecular weight excluding hydrogens is 358 g/mol. The first-order chi connectivity index (χ1) is 8.70. The number of aromatic nitrogens is 1. The number of hydrogen-bond acceptors (Lipinski definition) is 2. The summed E-state index contributed by atoms with van der Waals surface area (Å²) in [6.07, 6.45) is 4.57. The van der Waals surface area contributed by atoms with Gasteiger partial charge in [-0.25, -0.2) is 0 Å². The lowest BCUT2D eigenvalue weighted by Crippen LogP contribution is -1.96. The van der Waals surface area contributed by atoms with E-state index < -0.39 is 0 Å². The molecule has 1 unspecified atom stereocenters. The van der Waals surface area contributed by atoms with E-state index in [4.69, 9.17) is 4.74 Å². The zero-order chi connectivity index (χ0) is 13.0. The van der Waals surface area contributed by atoms with Crippen LogP contribution in [0.3, 0.4) is 0 Å². The van der Waals surface area contributed by atoms with Crippen LogP contribution in [0.4, 0.5) is 0 Å². The molecular formula is C14H13Br2NO. The fourth-order valence-electron chi connectivity index (χ4n) is 1.72. The molecule has 2 aromatic rings. The van der Waals surface area contributed by atoms with Crippen molar-refractivity contribution in [1.29, 1.82) is 0 Å². The van der Waals surface area contributed by atoms with E-state index in [1.807, 2.05) is 30.6 Å². The molecule has 0 saturated carbocycles. The second kappa shape index (κ2) is 6.34. The fraction of sp³-hybridized carbons (Fsp3) is 0.214. The first-order valence-corrected chi connectivity index (χ1v) is 7.28.